The minimum Gasteiger partial charge on any atom is -0.508 e. The summed E-state index contributed by atoms with van der Waals surface area (Å²) in [6.07, 6.45) is 5.30. The van der Waals surface area contributed by atoms with Gasteiger partial charge in [0.1, 0.15) is 5.75 Å². The van der Waals surface area contributed by atoms with Crippen LogP contribution in [-0.4, -0.2) is 34.3 Å². The highest BCUT2D eigenvalue weighted by Crippen LogP contribution is 2.29. The first-order chi connectivity index (χ1) is 8.59. The Morgan fingerprint density at radius 3 is 2.50 bits per heavy atom. The van der Waals surface area contributed by atoms with Crippen LogP contribution in [0.4, 0.5) is 0 Å². The number of rotatable bonds is 4. The fourth-order valence-corrected chi connectivity index (χ4v) is 2.86. The van der Waals surface area contributed by atoms with Crippen LogP contribution < -0.4 is 0 Å². The topological polar surface area (TPSA) is 43.7 Å². The number of phenols is 1. The molecule has 0 unspecified atom stereocenters. The van der Waals surface area contributed by atoms with Crippen molar-refractivity contribution in [3.63, 3.8) is 0 Å². The lowest BCUT2D eigenvalue weighted by molar-refractivity contribution is -0.0224. The predicted octanol–water partition coefficient (Wildman–Crippen LogP) is 2.52. The fourth-order valence-electron chi connectivity index (χ4n) is 2.86. The van der Waals surface area contributed by atoms with Crippen LogP contribution in [0.3, 0.4) is 0 Å². The van der Waals surface area contributed by atoms with Gasteiger partial charge in [0.2, 0.25) is 0 Å². The quantitative estimate of drug-likeness (QED) is 0.861. The van der Waals surface area contributed by atoms with Crippen molar-refractivity contribution in [2.45, 2.75) is 44.2 Å². The summed E-state index contributed by atoms with van der Waals surface area (Å²) < 4.78 is 0. The molecule has 0 amide bonds. The van der Waals surface area contributed by atoms with E-state index < -0.39 is 5.60 Å². The van der Waals surface area contributed by atoms with Crippen molar-refractivity contribution in [1.29, 1.82) is 0 Å². The molecule has 1 aromatic rings. The second kappa shape index (κ2) is 5.72. The molecule has 0 radical (unpaired) electrons. The maximum Gasteiger partial charge on any atom is 0.120 e. The van der Waals surface area contributed by atoms with Crippen LogP contribution in [0.25, 0.3) is 0 Å². The number of benzene rings is 1. The third kappa shape index (κ3) is 3.47. The third-order valence-electron chi connectivity index (χ3n) is 3.78. The molecule has 100 valence electrons. The van der Waals surface area contributed by atoms with Crippen LogP contribution >= 0.6 is 0 Å². The number of para-hydroxylation sites is 1. The van der Waals surface area contributed by atoms with Crippen LogP contribution in [0, 0.1) is 0 Å². The second-order valence-corrected chi connectivity index (χ2v) is 5.59. The summed E-state index contributed by atoms with van der Waals surface area (Å²) in [6.45, 7) is 1.36. The van der Waals surface area contributed by atoms with Gasteiger partial charge >= 0.3 is 0 Å². The van der Waals surface area contributed by atoms with E-state index in [4.69, 9.17) is 0 Å². The lowest BCUT2D eigenvalue weighted by Crippen LogP contribution is -2.42. The van der Waals surface area contributed by atoms with Crippen molar-refractivity contribution in [1.82, 2.24) is 4.90 Å². The molecule has 3 nitrogen and oxygen atoms in total. The summed E-state index contributed by atoms with van der Waals surface area (Å²) in [4.78, 5) is 2.10. The Kier molecular flexibility index (Phi) is 4.25. The van der Waals surface area contributed by atoms with Gasteiger partial charge in [0.05, 0.1) is 5.60 Å². The first-order valence-electron chi connectivity index (χ1n) is 6.77. The summed E-state index contributed by atoms with van der Waals surface area (Å²) in [5.41, 5.74) is 0.386. The molecule has 0 aliphatic heterocycles. The number of aliphatic hydroxyl groups is 1. The van der Waals surface area contributed by atoms with Crippen LogP contribution in [0.5, 0.6) is 5.75 Å². The smallest absolute Gasteiger partial charge is 0.120 e. The number of nitrogens with zero attached hydrogens (tertiary/aromatic N) is 1. The largest absolute Gasteiger partial charge is 0.508 e. The van der Waals surface area contributed by atoms with E-state index in [0.717, 1.165) is 31.2 Å². The zero-order valence-corrected chi connectivity index (χ0v) is 11.1. The molecule has 18 heavy (non-hydrogen) atoms. The molecule has 1 saturated carbocycles. The van der Waals surface area contributed by atoms with Crippen molar-refractivity contribution in [3.05, 3.63) is 29.8 Å². The molecule has 0 bridgehead atoms. The molecule has 0 spiro atoms. The first kappa shape index (κ1) is 13.4. The van der Waals surface area contributed by atoms with Crippen molar-refractivity contribution >= 4 is 0 Å². The molecule has 1 fully saturated rings. The zero-order valence-electron chi connectivity index (χ0n) is 11.1. The summed E-state index contributed by atoms with van der Waals surface area (Å²) in [7, 11) is 2.00. The molecule has 0 aromatic heterocycles. The van der Waals surface area contributed by atoms with Crippen LogP contribution in [0.2, 0.25) is 0 Å². The molecule has 3 heteroatoms. The summed E-state index contributed by atoms with van der Waals surface area (Å²) in [5.74, 6) is 0.333. The van der Waals surface area contributed by atoms with Crippen molar-refractivity contribution < 1.29 is 10.2 Å². The number of phenolic OH excluding ortho intramolecular Hbond substituents is 1. The normalized spacial score (nSPS) is 19.1. The Bertz CT molecular complexity index is 386. The van der Waals surface area contributed by atoms with Gasteiger partial charge < -0.3 is 10.2 Å². The molecule has 1 aliphatic rings. The van der Waals surface area contributed by atoms with Gasteiger partial charge in [-0.2, -0.15) is 0 Å². The minimum atomic E-state index is -0.530. The van der Waals surface area contributed by atoms with Crippen LogP contribution in [0.1, 0.15) is 37.7 Å². The van der Waals surface area contributed by atoms with E-state index in [1.807, 2.05) is 25.2 Å². The third-order valence-corrected chi connectivity index (χ3v) is 3.78. The highest BCUT2D eigenvalue weighted by molar-refractivity contribution is 5.31. The number of hydrogen-bond donors (Lipinski definition) is 2. The van der Waals surface area contributed by atoms with Crippen molar-refractivity contribution in [2.75, 3.05) is 13.6 Å². The molecule has 2 rings (SSSR count). The van der Waals surface area contributed by atoms with E-state index in [0.29, 0.717) is 18.8 Å². The number of aromatic hydroxyl groups is 1. The van der Waals surface area contributed by atoms with E-state index in [9.17, 15) is 10.2 Å². The zero-order chi connectivity index (χ0) is 13.0. The van der Waals surface area contributed by atoms with Gasteiger partial charge in [0.25, 0.3) is 0 Å². The van der Waals surface area contributed by atoms with Crippen LogP contribution in [-0.2, 0) is 6.54 Å². The maximum atomic E-state index is 10.5. The molecule has 0 heterocycles. The van der Waals surface area contributed by atoms with Gasteiger partial charge in [-0.05, 0) is 26.0 Å². The first-order valence-corrected chi connectivity index (χ1v) is 6.77. The SMILES string of the molecule is CN(Cc1ccccc1O)CC1(O)CCCCC1. The molecule has 0 atom stereocenters. The molecule has 0 saturated heterocycles. The van der Waals surface area contributed by atoms with Gasteiger partial charge in [-0.1, -0.05) is 37.5 Å². The summed E-state index contributed by atoms with van der Waals surface area (Å²) >= 11 is 0. The standard InChI is InChI=1S/C15H23NO2/c1-16(11-13-7-3-4-8-14(13)17)12-15(18)9-5-2-6-10-15/h3-4,7-8,17-18H,2,5-6,9-12H2,1H3. The van der Waals surface area contributed by atoms with E-state index in [-0.39, 0.29) is 0 Å². The maximum absolute atomic E-state index is 10.5. The molecule has 2 N–H and O–H groups in total. The second-order valence-electron chi connectivity index (χ2n) is 5.59. The Morgan fingerprint density at radius 2 is 1.83 bits per heavy atom. The number of likely N-dealkylation sites (N-methyl/N-ethyl adjacent to an activating group) is 1. The highest BCUT2D eigenvalue weighted by atomic mass is 16.3. The van der Waals surface area contributed by atoms with Gasteiger partial charge in [0, 0.05) is 18.7 Å². The van der Waals surface area contributed by atoms with Crippen molar-refractivity contribution in [3.8, 4) is 5.75 Å². The lowest BCUT2D eigenvalue weighted by atomic mass is 9.84. The van der Waals surface area contributed by atoms with E-state index >= 15 is 0 Å². The van der Waals surface area contributed by atoms with Gasteiger partial charge in [-0.15, -0.1) is 0 Å². The number of hydrogen-bond acceptors (Lipinski definition) is 3. The molecular formula is C15H23NO2. The summed E-state index contributed by atoms with van der Waals surface area (Å²) in [5, 5.41) is 20.2. The van der Waals surface area contributed by atoms with E-state index in [1.54, 1.807) is 6.07 Å². The molecule has 1 aliphatic carbocycles. The molecule has 1 aromatic carbocycles. The van der Waals surface area contributed by atoms with Gasteiger partial charge in [0.15, 0.2) is 0 Å². The Labute approximate surface area is 109 Å². The fraction of sp³-hybridized carbons (Fsp3) is 0.600. The van der Waals surface area contributed by atoms with Gasteiger partial charge in [-0.25, -0.2) is 0 Å². The Morgan fingerprint density at radius 1 is 1.17 bits per heavy atom. The average molecular weight is 249 g/mol. The van der Waals surface area contributed by atoms with Crippen LogP contribution in [0.15, 0.2) is 24.3 Å². The Hall–Kier alpha value is -1.06. The Balaban J connectivity index is 1.92. The van der Waals surface area contributed by atoms with E-state index in [1.165, 1.54) is 6.42 Å². The van der Waals surface area contributed by atoms with Gasteiger partial charge in [-0.3, -0.25) is 4.90 Å². The molecular weight excluding hydrogens is 226 g/mol. The lowest BCUT2D eigenvalue weighted by Gasteiger charge is -2.35. The highest BCUT2D eigenvalue weighted by Gasteiger charge is 2.30. The van der Waals surface area contributed by atoms with Crippen molar-refractivity contribution in [2.24, 2.45) is 0 Å². The minimum absolute atomic E-state index is 0.333. The van der Waals surface area contributed by atoms with E-state index in [2.05, 4.69) is 4.90 Å². The summed E-state index contributed by atoms with van der Waals surface area (Å²) in [6, 6.07) is 7.39. The predicted molar refractivity (Wildman–Crippen MR) is 72.5 cm³/mol. The average Bonchev–Trinajstić information content (AvgIpc) is 2.32. The monoisotopic (exact) mass is 249 g/mol.